The van der Waals surface area contributed by atoms with Gasteiger partial charge in [-0.15, -0.1) is 0 Å². The van der Waals surface area contributed by atoms with Crippen molar-refractivity contribution in [1.82, 2.24) is 10.2 Å². The van der Waals surface area contributed by atoms with Gasteiger partial charge in [0.2, 0.25) is 0 Å². The van der Waals surface area contributed by atoms with Crippen molar-refractivity contribution in [2.24, 2.45) is 17.6 Å². The number of carbonyl (C=O) groups is 3. The molecule has 0 saturated carbocycles. The van der Waals surface area contributed by atoms with E-state index in [2.05, 4.69) is 19.2 Å². The number of amides is 2. The zero-order valence-corrected chi connectivity index (χ0v) is 26.6. The summed E-state index contributed by atoms with van der Waals surface area (Å²) in [5.74, 6) is -0.666. The second kappa shape index (κ2) is 14.7. The van der Waals surface area contributed by atoms with Crippen LogP contribution in [-0.2, 0) is 25.5 Å². The molecule has 0 heterocycles. The van der Waals surface area contributed by atoms with E-state index in [1.165, 1.54) is 0 Å². The second-order valence-electron chi connectivity index (χ2n) is 13.7. The summed E-state index contributed by atoms with van der Waals surface area (Å²) in [5, 5.41) is 2.87. The van der Waals surface area contributed by atoms with Crippen LogP contribution in [0.15, 0.2) is 24.3 Å². The first-order chi connectivity index (χ1) is 18.2. The van der Waals surface area contributed by atoms with Crippen LogP contribution >= 0.6 is 0 Å². The highest BCUT2D eigenvalue weighted by molar-refractivity contribution is 5.84. The molecule has 0 aliphatic carbocycles. The Morgan fingerprint density at radius 2 is 1.38 bits per heavy atom. The van der Waals surface area contributed by atoms with E-state index in [1.807, 2.05) is 45.0 Å². The lowest BCUT2D eigenvalue weighted by molar-refractivity contribution is -0.160. The van der Waals surface area contributed by atoms with Crippen molar-refractivity contribution in [3.63, 3.8) is 0 Å². The number of nitrogens with zero attached hydrogens (tertiary/aromatic N) is 1. The topological polar surface area (TPSA) is 120 Å². The molecule has 2 amide bonds. The number of nitrogens with two attached hydrogens (primary N) is 1. The zero-order valence-electron chi connectivity index (χ0n) is 26.6. The monoisotopic (exact) mass is 563 g/mol. The summed E-state index contributed by atoms with van der Waals surface area (Å²) in [6.07, 6.45) is 0.937. The molecule has 9 nitrogen and oxygen atoms in total. The highest BCUT2D eigenvalue weighted by Crippen LogP contribution is 2.20. The molecule has 9 heteroatoms. The number of hydrogen-bond donors (Lipinski definition) is 2. The van der Waals surface area contributed by atoms with Gasteiger partial charge >= 0.3 is 18.0 Å². The van der Waals surface area contributed by atoms with Crippen LogP contribution in [-0.4, -0.2) is 65.3 Å². The first-order valence-corrected chi connectivity index (χ1v) is 14.2. The number of carbonyl (C=O) groups excluding carboxylic acids is 3. The molecule has 0 aliphatic heterocycles. The number of rotatable bonds is 12. The maximum Gasteiger partial charge on any atom is 0.329 e. The number of esters is 2. The Labute approximate surface area is 241 Å². The largest absolute Gasteiger partial charge is 0.488 e. The van der Waals surface area contributed by atoms with Gasteiger partial charge < -0.3 is 30.2 Å². The van der Waals surface area contributed by atoms with Crippen molar-refractivity contribution in [1.29, 1.82) is 0 Å². The summed E-state index contributed by atoms with van der Waals surface area (Å²) < 4.78 is 17.1. The molecule has 1 aromatic rings. The molecular formula is C31H53N3O6. The molecule has 1 aromatic carbocycles. The van der Waals surface area contributed by atoms with Crippen LogP contribution in [0.2, 0.25) is 0 Å². The molecular weight excluding hydrogens is 510 g/mol. The Morgan fingerprint density at radius 3 is 1.82 bits per heavy atom. The molecule has 3 N–H and O–H groups in total. The van der Waals surface area contributed by atoms with Crippen LogP contribution in [0.5, 0.6) is 5.75 Å². The van der Waals surface area contributed by atoms with Gasteiger partial charge in [-0.05, 0) is 92.3 Å². The molecule has 1 rings (SSSR count). The maximum absolute atomic E-state index is 13.6. The van der Waals surface area contributed by atoms with Gasteiger partial charge in [-0.2, -0.15) is 0 Å². The Hall–Kier alpha value is -2.81. The highest BCUT2D eigenvalue weighted by Gasteiger charge is 2.32. The van der Waals surface area contributed by atoms with E-state index >= 15 is 0 Å². The molecule has 0 bridgehead atoms. The zero-order chi connectivity index (χ0) is 30.9. The fraction of sp³-hybridized carbons (Fsp3) is 0.710. The predicted molar refractivity (Wildman–Crippen MR) is 158 cm³/mol. The van der Waals surface area contributed by atoms with Gasteiger partial charge in [0.15, 0.2) is 0 Å². The van der Waals surface area contributed by atoms with Crippen LogP contribution in [0.4, 0.5) is 4.79 Å². The third kappa shape index (κ3) is 14.5. The van der Waals surface area contributed by atoms with Crippen molar-refractivity contribution in [3.05, 3.63) is 29.8 Å². The average molecular weight is 564 g/mol. The van der Waals surface area contributed by atoms with Crippen LogP contribution < -0.4 is 15.8 Å². The summed E-state index contributed by atoms with van der Waals surface area (Å²) in [5.41, 5.74) is 5.01. The average Bonchev–Trinajstić information content (AvgIpc) is 2.76. The van der Waals surface area contributed by atoms with Crippen LogP contribution in [0.3, 0.4) is 0 Å². The van der Waals surface area contributed by atoms with Gasteiger partial charge in [0.05, 0.1) is 5.92 Å². The molecule has 2 atom stereocenters. The summed E-state index contributed by atoms with van der Waals surface area (Å²) >= 11 is 0. The Bertz CT molecular complexity index is 955. The molecule has 40 heavy (non-hydrogen) atoms. The molecule has 0 unspecified atom stereocenters. The van der Waals surface area contributed by atoms with Crippen LogP contribution in [0.25, 0.3) is 0 Å². The lowest BCUT2D eigenvalue weighted by atomic mass is 10.0. The van der Waals surface area contributed by atoms with Crippen molar-refractivity contribution in [2.75, 3.05) is 19.6 Å². The van der Waals surface area contributed by atoms with Gasteiger partial charge in [0.25, 0.3) is 0 Å². The second-order valence-corrected chi connectivity index (χ2v) is 13.7. The third-order valence-electron chi connectivity index (χ3n) is 5.51. The van der Waals surface area contributed by atoms with Gasteiger partial charge in [-0.1, -0.05) is 26.0 Å². The fourth-order valence-electron chi connectivity index (χ4n) is 3.68. The van der Waals surface area contributed by atoms with Crippen molar-refractivity contribution >= 4 is 18.0 Å². The Morgan fingerprint density at radius 1 is 0.850 bits per heavy atom. The van der Waals surface area contributed by atoms with Crippen LogP contribution in [0.1, 0.15) is 88.1 Å². The minimum absolute atomic E-state index is 0.0266. The normalized spacial score (nSPS) is 13.8. The SMILES string of the molecule is CC(C)CCN(C[C@@H](CN)C(=O)OC(C)(C)C)C(=O)N[C@@H](Cc1ccc(OC(C)(C)C)cc1)C(=O)OC(C)(C)C. The number of hydrogen-bond acceptors (Lipinski definition) is 7. The molecule has 0 spiro atoms. The van der Waals surface area contributed by atoms with E-state index in [-0.39, 0.29) is 25.1 Å². The lowest BCUT2D eigenvalue weighted by Gasteiger charge is -2.31. The molecule has 0 saturated heterocycles. The van der Waals surface area contributed by atoms with Crippen molar-refractivity contribution in [3.8, 4) is 5.75 Å². The molecule has 0 aliphatic rings. The highest BCUT2D eigenvalue weighted by atomic mass is 16.6. The van der Waals surface area contributed by atoms with Gasteiger partial charge in [0.1, 0.15) is 28.6 Å². The Kier molecular flexibility index (Phi) is 13.0. The van der Waals surface area contributed by atoms with Gasteiger partial charge in [-0.3, -0.25) is 4.79 Å². The van der Waals surface area contributed by atoms with E-state index in [0.717, 1.165) is 5.56 Å². The number of ether oxygens (including phenoxy) is 3. The number of benzene rings is 1. The molecule has 0 radical (unpaired) electrons. The smallest absolute Gasteiger partial charge is 0.329 e. The predicted octanol–water partition coefficient (Wildman–Crippen LogP) is 5.09. The van der Waals surface area contributed by atoms with Gasteiger partial charge in [-0.25, -0.2) is 9.59 Å². The quantitative estimate of drug-likeness (QED) is 0.340. The summed E-state index contributed by atoms with van der Waals surface area (Å²) in [6, 6.07) is 6.01. The summed E-state index contributed by atoms with van der Waals surface area (Å²) in [4.78, 5) is 41.1. The first kappa shape index (κ1) is 35.2. The summed E-state index contributed by atoms with van der Waals surface area (Å²) in [6.45, 7) is 21.2. The third-order valence-corrected chi connectivity index (χ3v) is 5.51. The standard InChI is InChI=1S/C31H53N3O6/c1-21(2)16-17-34(20-23(19-32)26(35)39-30(6,7)8)28(37)33-25(27(36)40-31(9,10)11)18-22-12-14-24(15-13-22)38-29(3,4)5/h12-15,21,23,25H,16-20,32H2,1-11H3,(H,33,37)/t23-,25+/m1/s1. The minimum Gasteiger partial charge on any atom is -0.488 e. The first-order valence-electron chi connectivity index (χ1n) is 14.2. The van der Waals surface area contributed by atoms with E-state index in [1.54, 1.807) is 46.4 Å². The van der Waals surface area contributed by atoms with Crippen LogP contribution in [0, 0.1) is 11.8 Å². The number of nitrogens with one attached hydrogen (secondary N) is 1. The van der Waals surface area contributed by atoms with Crippen molar-refractivity contribution < 1.29 is 28.6 Å². The lowest BCUT2D eigenvalue weighted by Crippen LogP contribution is -2.53. The Balaban J connectivity index is 3.20. The van der Waals surface area contributed by atoms with E-state index in [9.17, 15) is 14.4 Å². The van der Waals surface area contributed by atoms with Gasteiger partial charge in [0, 0.05) is 26.1 Å². The maximum atomic E-state index is 13.6. The molecule has 228 valence electrons. The number of urea groups is 1. The van der Waals surface area contributed by atoms with E-state index < -0.39 is 41.1 Å². The summed E-state index contributed by atoms with van der Waals surface area (Å²) in [7, 11) is 0. The molecule has 0 fully saturated rings. The molecule has 0 aromatic heterocycles. The minimum atomic E-state index is -0.944. The van der Waals surface area contributed by atoms with E-state index in [0.29, 0.717) is 24.6 Å². The van der Waals surface area contributed by atoms with Crippen molar-refractivity contribution in [2.45, 2.75) is 112 Å². The van der Waals surface area contributed by atoms with E-state index in [4.69, 9.17) is 19.9 Å². The fourth-order valence-corrected chi connectivity index (χ4v) is 3.68.